The van der Waals surface area contributed by atoms with Gasteiger partial charge in [0.05, 0.1) is 6.73 Å². The first-order valence-corrected chi connectivity index (χ1v) is 10.0. The molecule has 2 aromatic carbocycles. The molecule has 4 rings (SSSR count). The van der Waals surface area contributed by atoms with Crippen LogP contribution in [0.2, 0.25) is 0 Å². The van der Waals surface area contributed by atoms with Crippen molar-refractivity contribution < 1.29 is 18.6 Å². The molecule has 1 atom stereocenters. The third-order valence-electron chi connectivity index (χ3n) is 5.84. The second-order valence-electron chi connectivity index (χ2n) is 7.95. The number of benzene rings is 2. The molecule has 2 aliphatic rings. The summed E-state index contributed by atoms with van der Waals surface area (Å²) in [6, 6.07) is 15.1. The van der Waals surface area contributed by atoms with Crippen molar-refractivity contribution in [1.82, 2.24) is 4.90 Å². The zero-order valence-electron chi connectivity index (χ0n) is 16.4. The predicted molar refractivity (Wildman–Crippen MR) is 106 cm³/mol. The molecule has 2 heterocycles. The van der Waals surface area contributed by atoms with E-state index < -0.39 is 0 Å². The summed E-state index contributed by atoms with van der Waals surface area (Å²) in [6.07, 6.45) is 1.95. The van der Waals surface area contributed by atoms with Crippen LogP contribution in [0.15, 0.2) is 48.5 Å². The minimum absolute atomic E-state index is 0.0119. The minimum atomic E-state index is -0.191. The Morgan fingerprint density at radius 3 is 2.50 bits per heavy atom. The van der Waals surface area contributed by atoms with Gasteiger partial charge in [-0.25, -0.2) is 4.39 Å². The lowest BCUT2D eigenvalue weighted by molar-refractivity contribution is 0.0246. The molecule has 0 spiro atoms. The molecule has 0 N–H and O–H groups in total. The van der Waals surface area contributed by atoms with E-state index in [2.05, 4.69) is 24.0 Å². The Morgan fingerprint density at radius 1 is 1.07 bits per heavy atom. The van der Waals surface area contributed by atoms with Crippen molar-refractivity contribution >= 4 is 0 Å². The van der Waals surface area contributed by atoms with Crippen LogP contribution in [-0.4, -0.2) is 50.6 Å². The van der Waals surface area contributed by atoms with E-state index >= 15 is 0 Å². The van der Waals surface area contributed by atoms with E-state index in [1.165, 1.54) is 11.1 Å². The van der Waals surface area contributed by atoms with E-state index in [1.807, 2.05) is 24.3 Å². The van der Waals surface area contributed by atoms with Gasteiger partial charge in [0, 0.05) is 31.7 Å². The molecule has 0 radical (unpaired) electrons. The molecule has 4 nitrogen and oxygen atoms in total. The highest BCUT2D eigenvalue weighted by Crippen LogP contribution is 2.36. The Morgan fingerprint density at radius 2 is 1.79 bits per heavy atom. The highest BCUT2D eigenvalue weighted by molar-refractivity contribution is 5.28. The quantitative estimate of drug-likeness (QED) is 0.754. The molecule has 28 heavy (non-hydrogen) atoms. The van der Waals surface area contributed by atoms with Crippen molar-refractivity contribution in [2.45, 2.75) is 31.3 Å². The lowest BCUT2D eigenvalue weighted by Crippen LogP contribution is -2.44. The molecule has 0 aliphatic carbocycles. The number of ether oxygens (including phenoxy) is 3. The number of halogens is 1. The van der Waals surface area contributed by atoms with Crippen LogP contribution in [-0.2, 0) is 14.9 Å². The van der Waals surface area contributed by atoms with Gasteiger partial charge in [0.25, 0.3) is 0 Å². The Balaban J connectivity index is 1.37. The summed E-state index contributed by atoms with van der Waals surface area (Å²) < 4.78 is 30.9. The van der Waals surface area contributed by atoms with Gasteiger partial charge in [-0.2, -0.15) is 0 Å². The fourth-order valence-electron chi connectivity index (χ4n) is 4.17. The summed E-state index contributed by atoms with van der Waals surface area (Å²) in [5.74, 6) is 0.684. The predicted octanol–water partition coefficient (Wildman–Crippen LogP) is 3.92. The zero-order valence-corrected chi connectivity index (χ0v) is 16.4. The molecule has 5 heteroatoms. The van der Waals surface area contributed by atoms with Crippen molar-refractivity contribution in [2.24, 2.45) is 0 Å². The fraction of sp³-hybridized carbons (Fsp3) is 0.478. The van der Waals surface area contributed by atoms with Crippen LogP contribution in [0, 0.1) is 12.7 Å². The van der Waals surface area contributed by atoms with Crippen molar-refractivity contribution in [3.05, 3.63) is 65.5 Å². The first-order valence-electron chi connectivity index (χ1n) is 10.0. The minimum Gasteiger partial charge on any atom is -0.491 e. The summed E-state index contributed by atoms with van der Waals surface area (Å²) >= 11 is 0. The zero-order chi connectivity index (χ0) is 19.4. The maximum Gasteiger partial charge on any atom is 0.123 e. The van der Waals surface area contributed by atoms with Crippen LogP contribution < -0.4 is 4.74 Å². The normalized spacial score (nSPS) is 22.3. The molecule has 0 amide bonds. The molecular formula is C23H28FNO3. The van der Waals surface area contributed by atoms with Gasteiger partial charge in [-0.3, -0.25) is 4.90 Å². The monoisotopic (exact) mass is 385 g/mol. The second-order valence-corrected chi connectivity index (χ2v) is 7.95. The van der Waals surface area contributed by atoms with E-state index in [0.717, 1.165) is 44.9 Å². The number of nitrogens with zero attached hydrogens (tertiary/aromatic N) is 1. The molecule has 1 unspecified atom stereocenters. The Hall–Kier alpha value is -1.95. The lowest BCUT2D eigenvalue weighted by atomic mass is 9.73. The summed E-state index contributed by atoms with van der Waals surface area (Å²) in [5, 5.41) is 0. The average Bonchev–Trinajstić information content (AvgIpc) is 3.16. The molecule has 2 saturated heterocycles. The molecule has 0 aromatic heterocycles. The van der Waals surface area contributed by atoms with E-state index in [-0.39, 0.29) is 17.3 Å². The SMILES string of the molecule is Cc1ccc(OCC2CN(CC3(c4ccc(F)cc4)CCOCC3)CO2)cc1. The van der Waals surface area contributed by atoms with Crippen LogP contribution in [0.1, 0.15) is 24.0 Å². The standard InChI is InChI=1S/C23H28FNO3/c1-18-2-8-21(9-3-18)27-15-22-14-25(17-28-22)16-23(10-12-26-13-11-23)19-4-6-20(24)7-5-19/h2-9,22H,10-17H2,1H3. The van der Waals surface area contributed by atoms with Gasteiger partial charge in [-0.05, 0) is 49.6 Å². The van der Waals surface area contributed by atoms with Gasteiger partial charge in [0.2, 0.25) is 0 Å². The van der Waals surface area contributed by atoms with Gasteiger partial charge >= 0.3 is 0 Å². The van der Waals surface area contributed by atoms with E-state index in [1.54, 1.807) is 12.1 Å². The topological polar surface area (TPSA) is 30.9 Å². The van der Waals surface area contributed by atoms with Gasteiger partial charge in [-0.15, -0.1) is 0 Å². The summed E-state index contributed by atoms with van der Waals surface area (Å²) in [4.78, 5) is 2.35. The average molecular weight is 385 g/mol. The molecule has 0 saturated carbocycles. The highest BCUT2D eigenvalue weighted by Gasteiger charge is 2.38. The fourth-order valence-corrected chi connectivity index (χ4v) is 4.17. The lowest BCUT2D eigenvalue weighted by Gasteiger charge is -2.40. The second kappa shape index (κ2) is 8.60. The molecule has 150 valence electrons. The molecule has 2 fully saturated rings. The summed E-state index contributed by atoms with van der Waals surface area (Å²) in [5.41, 5.74) is 2.40. The van der Waals surface area contributed by atoms with Gasteiger partial charge < -0.3 is 14.2 Å². The Kier molecular flexibility index (Phi) is 5.95. The first kappa shape index (κ1) is 19.4. The summed E-state index contributed by atoms with van der Waals surface area (Å²) in [6.45, 7) is 6.43. The van der Waals surface area contributed by atoms with Gasteiger partial charge in [0.15, 0.2) is 0 Å². The van der Waals surface area contributed by atoms with Crippen molar-refractivity contribution in [1.29, 1.82) is 0 Å². The number of hydrogen-bond donors (Lipinski definition) is 0. The third-order valence-corrected chi connectivity index (χ3v) is 5.84. The third kappa shape index (κ3) is 4.54. The highest BCUT2D eigenvalue weighted by atomic mass is 19.1. The van der Waals surface area contributed by atoms with Crippen molar-refractivity contribution in [3.63, 3.8) is 0 Å². The molecule has 0 bridgehead atoms. The van der Waals surface area contributed by atoms with E-state index in [9.17, 15) is 4.39 Å². The van der Waals surface area contributed by atoms with Crippen molar-refractivity contribution in [2.75, 3.05) is 39.6 Å². The van der Waals surface area contributed by atoms with Crippen LogP contribution in [0.25, 0.3) is 0 Å². The van der Waals surface area contributed by atoms with E-state index in [0.29, 0.717) is 13.3 Å². The number of rotatable bonds is 6. The number of aryl methyl sites for hydroxylation is 1. The Labute approximate surface area is 166 Å². The van der Waals surface area contributed by atoms with Gasteiger partial charge in [-0.1, -0.05) is 29.8 Å². The Bertz CT molecular complexity index is 756. The maximum absolute atomic E-state index is 13.4. The smallest absolute Gasteiger partial charge is 0.123 e. The van der Waals surface area contributed by atoms with E-state index in [4.69, 9.17) is 14.2 Å². The molecular weight excluding hydrogens is 357 g/mol. The molecule has 2 aliphatic heterocycles. The largest absolute Gasteiger partial charge is 0.491 e. The van der Waals surface area contributed by atoms with Crippen LogP contribution in [0.3, 0.4) is 0 Å². The van der Waals surface area contributed by atoms with Crippen LogP contribution in [0.4, 0.5) is 4.39 Å². The molecule has 2 aromatic rings. The summed E-state index contributed by atoms with van der Waals surface area (Å²) in [7, 11) is 0. The number of hydrogen-bond acceptors (Lipinski definition) is 4. The van der Waals surface area contributed by atoms with Crippen LogP contribution in [0.5, 0.6) is 5.75 Å². The first-order chi connectivity index (χ1) is 13.6. The maximum atomic E-state index is 13.4. The van der Waals surface area contributed by atoms with Crippen molar-refractivity contribution in [3.8, 4) is 5.75 Å². The van der Waals surface area contributed by atoms with Gasteiger partial charge in [0.1, 0.15) is 24.3 Å². The van der Waals surface area contributed by atoms with Crippen LogP contribution >= 0.6 is 0 Å².